The molecule has 4 aliphatic rings. The van der Waals surface area contributed by atoms with Crippen LogP contribution in [0, 0.1) is 39.4 Å². The van der Waals surface area contributed by atoms with Gasteiger partial charge in [-0.25, -0.2) is 0 Å². The summed E-state index contributed by atoms with van der Waals surface area (Å²) in [6.45, 7) is 19.3. The van der Waals surface area contributed by atoms with Crippen molar-refractivity contribution in [1.29, 1.82) is 0 Å². The number of rotatable bonds is 6. The molecule has 0 aliphatic heterocycles. The van der Waals surface area contributed by atoms with Crippen LogP contribution < -0.4 is 0 Å². The number of hydrogen-bond acceptors (Lipinski definition) is 2. The zero-order valence-electron chi connectivity index (χ0n) is 23.1. The first-order valence-electron chi connectivity index (χ1n) is 13.9. The lowest BCUT2D eigenvalue weighted by atomic mass is 9.43. The number of hydrogen-bond donors (Lipinski definition) is 1. The monoisotopic (exact) mass is 490 g/mol. The second-order valence-electron chi connectivity index (χ2n) is 13.9. The van der Waals surface area contributed by atoms with Crippen LogP contribution in [0.2, 0.25) is 0 Å². The molecule has 0 aromatic carbocycles. The van der Waals surface area contributed by atoms with Crippen molar-refractivity contribution >= 4 is 11.4 Å². The molecule has 194 valence electrons. The van der Waals surface area contributed by atoms with E-state index in [4.69, 9.17) is 4.18 Å². The van der Waals surface area contributed by atoms with Crippen molar-refractivity contribution in [1.82, 2.24) is 0 Å². The van der Waals surface area contributed by atoms with E-state index in [0.717, 1.165) is 24.7 Å². The van der Waals surface area contributed by atoms with Crippen molar-refractivity contribution < 1.29 is 12.9 Å². The largest absolute Gasteiger partial charge is 0.302 e. The topological polar surface area (TPSA) is 46.5 Å². The first-order chi connectivity index (χ1) is 15.8. The lowest BCUT2D eigenvalue weighted by Gasteiger charge is -2.62. The van der Waals surface area contributed by atoms with Gasteiger partial charge >= 0.3 is 11.4 Å². The minimum atomic E-state index is -2.19. The van der Waals surface area contributed by atoms with Gasteiger partial charge in [0.2, 0.25) is 0 Å². The molecule has 1 N–H and O–H groups in total. The van der Waals surface area contributed by atoms with E-state index in [-0.39, 0.29) is 16.9 Å². The molecule has 0 aromatic heterocycles. The summed E-state index contributed by atoms with van der Waals surface area (Å²) in [6.07, 6.45) is 14.5. The predicted octanol–water partition coefficient (Wildman–Crippen LogP) is 8.64. The van der Waals surface area contributed by atoms with Crippen LogP contribution in [-0.4, -0.2) is 14.9 Å². The summed E-state index contributed by atoms with van der Waals surface area (Å²) < 4.78 is 26.5. The van der Waals surface area contributed by atoms with Gasteiger partial charge in [-0.1, -0.05) is 64.3 Å². The van der Waals surface area contributed by atoms with Crippen LogP contribution in [0.5, 0.6) is 0 Å². The second kappa shape index (κ2) is 9.14. The van der Waals surface area contributed by atoms with E-state index in [2.05, 4.69) is 61.5 Å². The van der Waals surface area contributed by atoms with Crippen LogP contribution in [0.25, 0.3) is 0 Å². The Morgan fingerprint density at radius 3 is 2.41 bits per heavy atom. The molecule has 8 atom stereocenters. The SMILES string of the molecule is CC(C)=CCC[C@@H](C)[C@H]1CC[C@@]2(C)C3=C(CC[C@]12C)[C@@]1(C)CC[C@H](OS(=O)O)C(C)(C)C1CC3. The Kier molecular flexibility index (Phi) is 7.15. The van der Waals surface area contributed by atoms with Gasteiger partial charge in [-0.05, 0) is 117 Å². The lowest BCUT2D eigenvalue weighted by molar-refractivity contribution is -0.0837. The molecule has 0 spiro atoms. The highest BCUT2D eigenvalue weighted by Gasteiger charge is 2.63. The quantitative estimate of drug-likeness (QED) is 0.299. The van der Waals surface area contributed by atoms with Gasteiger partial charge in [0.15, 0.2) is 0 Å². The van der Waals surface area contributed by atoms with Crippen molar-refractivity contribution in [2.75, 3.05) is 0 Å². The Morgan fingerprint density at radius 2 is 1.76 bits per heavy atom. The van der Waals surface area contributed by atoms with E-state index in [1.165, 1.54) is 56.9 Å². The third-order valence-electron chi connectivity index (χ3n) is 11.8. The van der Waals surface area contributed by atoms with Crippen LogP contribution in [0.15, 0.2) is 22.8 Å². The Labute approximate surface area is 212 Å². The molecule has 3 nitrogen and oxygen atoms in total. The Hall–Kier alpha value is -0.450. The fraction of sp³-hybridized carbons (Fsp3) is 0.867. The standard InChI is InChI=1S/C30H50O3S/c1-20(2)10-9-11-21(3)22-14-18-30(8)24-12-13-25-27(4,5)26(33-34(31)32)16-17-28(25,6)23(24)15-19-29(22,30)7/h10,21-22,25-26H,9,11-19H2,1-8H3,(H,31,32)/t21-,22-,25?,26+,28-,29-,30+/m1/s1. The van der Waals surface area contributed by atoms with E-state index in [0.29, 0.717) is 16.7 Å². The summed E-state index contributed by atoms with van der Waals surface area (Å²) in [4.78, 5) is 0. The summed E-state index contributed by atoms with van der Waals surface area (Å²) in [7, 11) is 0. The smallest absolute Gasteiger partial charge is 0.284 e. The van der Waals surface area contributed by atoms with Gasteiger partial charge in [0.05, 0.1) is 6.10 Å². The van der Waals surface area contributed by atoms with Gasteiger partial charge < -0.3 is 0 Å². The number of fused-ring (bicyclic) bond motifs is 4. The summed E-state index contributed by atoms with van der Waals surface area (Å²) in [5, 5.41) is 0. The zero-order chi connectivity index (χ0) is 25.1. The first-order valence-corrected chi connectivity index (χ1v) is 14.9. The summed E-state index contributed by atoms with van der Waals surface area (Å²) in [5.41, 5.74) is 5.88. The minimum absolute atomic E-state index is 0.0940. The highest BCUT2D eigenvalue weighted by molar-refractivity contribution is 7.74. The highest BCUT2D eigenvalue weighted by atomic mass is 32.2. The van der Waals surface area contributed by atoms with Gasteiger partial charge in [0.1, 0.15) is 0 Å². The average molecular weight is 491 g/mol. The normalized spacial score (nSPS) is 42.9. The minimum Gasteiger partial charge on any atom is -0.284 e. The average Bonchev–Trinajstić information content (AvgIpc) is 3.01. The highest BCUT2D eigenvalue weighted by Crippen LogP contribution is 2.72. The Balaban J connectivity index is 1.63. The molecule has 0 saturated heterocycles. The summed E-state index contributed by atoms with van der Waals surface area (Å²) in [5.74, 6) is 2.11. The molecular formula is C30H50O3S. The molecule has 0 amide bonds. The molecule has 2 fully saturated rings. The number of allylic oxidation sites excluding steroid dienone is 4. The Morgan fingerprint density at radius 1 is 1.06 bits per heavy atom. The van der Waals surface area contributed by atoms with Crippen molar-refractivity contribution in [3.05, 3.63) is 22.8 Å². The predicted molar refractivity (Wildman–Crippen MR) is 143 cm³/mol. The Bertz CT molecular complexity index is 883. The van der Waals surface area contributed by atoms with Crippen LogP contribution in [-0.2, 0) is 15.5 Å². The van der Waals surface area contributed by atoms with E-state index in [1.807, 2.05) is 5.57 Å². The molecule has 0 aromatic rings. The van der Waals surface area contributed by atoms with Crippen molar-refractivity contribution in [2.45, 2.75) is 126 Å². The van der Waals surface area contributed by atoms with Crippen molar-refractivity contribution in [2.24, 2.45) is 39.4 Å². The molecule has 0 heterocycles. The lowest BCUT2D eigenvalue weighted by Crippen LogP contribution is -2.55. The fourth-order valence-electron chi connectivity index (χ4n) is 9.72. The molecule has 4 rings (SSSR count). The second-order valence-corrected chi connectivity index (χ2v) is 14.5. The molecule has 0 radical (unpaired) electrons. The molecule has 2 saturated carbocycles. The molecule has 34 heavy (non-hydrogen) atoms. The maximum atomic E-state index is 11.5. The zero-order valence-corrected chi connectivity index (χ0v) is 23.9. The first kappa shape index (κ1) is 26.6. The van der Waals surface area contributed by atoms with E-state index < -0.39 is 11.4 Å². The summed E-state index contributed by atoms with van der Waals surface area (Å²) in [6, 6.07) is 0. The fourth-order valence-corrected chi connectivity index (χ4v) is 10.3. The van der Waals surface area contributed by atoms with Gasteiger partial charge in [-0.15, -0.1) is 0 Å². The van der Waals surface area contributed by atoms with Crippen LogP contribution in [0.1, 0.15) is 120 Å². The van der Waals surface area contributed by atoms with E-state index >= 15 is 0 Å². The van der Waals surface area contributed by atoms with Crippen molar-refractivity contribution in [3.63, 3.8) is 0 Å². The molecular weight excluding hydrogens is 440 g/mol. The van der Waals surface area contributed by atoms with Gasteiger partial charge in [0.25, 0.3) is 0 Å². The van der Waals surface area contributed by atoms with Crippen LogP contribution in [0.4, 0.5) is 0 Å². The van der Waals surface area contributed by atoms with Gasteiger partial charge in [0, 0.05) is 0 Å². The third-order valence-corrected chi connectivity index (χ3v) is 12.2. The van der Waals surface area contributed by atoms with E-state index in [9.17, 15) is 8.76 Å². The van der Waals surface area contributed by atoms with Crippen LogP contribution in [0.3, 0.4) is 0 Å². The third kappa shape index (κ3) is 4.02. The molecule has 4 heteroatoms. The molecule has 0 bridgehead atoms. The van der Waals surface area contributed by atoms with Gasteiger partial charge in [-0.2, -0.15) is 4.21 Å². The van der Waals surface area contributed by atoms with Crippen LogP contribution >= 0.6 is 0 Å². The van der Waals surface area contributed by atoms with Crippen molar-refractivity contribution in [3.8, 4) is 0 Å². The molecule has 2 unspecified atom stereocenters. The molecule has 4 aliphatic carbocycles. The van der Waals surface area contributed by atoms with E-state index in [1.54, 1.807) is 5.57 Å². The maximum Gasteiger partial charge on any atom is 0.302 e. The van der Waals surface area contributed by atoms with Gasteiger partial charge in [-0.3, -0.25) is 8.74 Å². The maximum absolute atomic E-state index is 11.5. The summed E-state index contributed by atoms with van der Waals surface area (Å²) >= 11 is -2.19.